The molecule has 0 aliphatic heterocycles. The number of carbonyl (C=O) groups excluding carboxylic acids is 3. The van der Waals surface area contributed by atoms with Crippen LogP contribution in [-0.2, 0) is 30.4 Å². The minimum atomic E-state index is -1.24. The lowest BCUT2D eigenvalue weighted by molar-refractivity contribution is -0.142. The zero-order chi connectivity index (χ0) is 27.4. The second kappa shape index (κ2) is 14.8. The summed E-state index contributed by atoms with van der Waals surface area (Å²) in [6, 6.07) is 4.30. The highest BCUT2D eigenvalue weighted by Crippen LogP contribution is 2.10. The molecule has 0 saturated heterocycles. The third kappa shape index (κ3) is 10.0. The Balaban J connectivity index is 3.00. The van der Waals surface area contributed by atoms with Crippen LogP contribution in [0.4, 0.5) is 0 Å². The lowest BCUT2D eigenvalue weighted by Crippen LogP contribution is -2.59. The summed E-state index contributed by atoms with van der Waals surface area (Å²) in [6.07, 6.45) is 0.0708. The highest BCUT2D eigenvalue weighted by Gasteiger charge is 2.32. The van der Waals surface area contributed by atoms with E-state index in [-0.39, 0.29) is 18.8 Å². The number of carboxylic acids is 2. The van der Waals surface area contributed by atoms with E-state index in [0.717, 1.165) is 0 Å². The van der Waals surface area contributed by atoms with Crippen LogP contribution >= 0.6 is 0 Å². The predicted molar refractivity (Wildman–Crippen MR) is 133 cm³/mol. The van der Waals surface area contributed by atoms with E-state index < -0.39 is 66.2 Å². The van der Waals surface area contributed by atoms with E-state index in [1.807, 2.05) is 6.92 Å². The average molecular weight is 507 g/mol. The lowest BCUT2D eigenvalue weighted by atomic mass is 9.98. The number of rotatable bonds is 15. The molecule has 11 heteroatoms. The molecule has 0 aliphatic carbocycles. The number of nitrogens with two attached hydrogens (primary N) is 1. The molecule has 1 aromatic rings. The summed E-state index contributed by atoms with van der Waals surface area (Å²) in [5.41, 5.74) is 6.65. The number of hydrogen-bond acceptors (Lipinski definition) is 6. The van der Waals surface area contributed by atoms with Crippen molar-refractivity contribution >= 4 is 29.7 Å². The molecule has 11 nitrogen and oxygen atoms in total. The zero-order valence-electron chi connectivity index (χ0n) is 21.2. The molecule has 7 N–H and O–H groups in total. The number of nitrogens with one attached hydrogen (secondary N) is 3. The molecule has 0 saturated carbocycles. The molecule has 0 aromatic heterocycles. The molecule has 0 radical (unpaired) electrons. The predicted octanol–water partition coefficient (Wildman–Crippen LogP) is 0.662. The Hall–Kier alpha value is -3.47. The summed E-state index contributed by atoms with van der Waals surface area (Å²) in [5, 5.41) is 26.2. The van der Waals surface area contributed by atoms with Gasteiger partial charge in [0.15, 0.2) is 0 Å². The Bertz CT molecular complexity index is 907. The molecule has 36 heavy (non-hydrogen) atoms. The second-order valence-corrected chi connectivity index (χ2v) is 9.22. The van der Waals surface area contributed by atoms with E-state index in [2.05, 4.69) is 16.0 Å². The van der Waals surface area contributed by atoms with Crippen LogP contribution in [0.3, 0.4) is 0 Å². The molecular formula is C25H38N4O7. The molecule has 1 rings (SSSR count). The minimum absolute atomic E-state index is 0.0471. The van der Waals surface area contributed by atoms with Crippen LogP contribution in [0.15, 0.2) is 30.3 Å². The van der Waals surface area contributed by atoms with Crippen LogP contribution in [0.25, 0.3) is 0 Å². The molecular weight excluding hydrogens is 468 g/mol. The van der Waals surface area contributed by atoms with Crippen LogP contribution in [-0.4, -0.2) is 64.0 Å². The fraction of sp³-hybridized carbons (Fsp3) is 0.560. The van der Waals surface area contributed by atoms with E-state index in [4.69, 9.17) is 10.8 Å². The molecule has 0 heterocycles. The van der Waals surface area contributed by atoms with Crippen molar-refractivity contribution in [3.63, 3.8) is 0 Å². The summed E-state index contributed by atoms with van der Waals surface area (Å²) in [7, 11) is 0. The second-order valence-electron chi connectivity index (χ2n) is 9.22. The molecule has 0 spiro atoms. The van der Waals surface area contributed by atoms with Gasteiger partial charge in [-0.3, -0.25) is 19.2 Å². The fourth-order valence-corrected chi connectivity index (χ4v) is 3.42. The normalized spacial score (nSPS) is 15.2. The molecule has 1 aromatic carbocycles. The van der Waals surface area contributed by atoms with Crippen molar-refractivity contribution in [1.29, 1.82) is 0 Å². The van der Waals surface area contributed by atoms with Gasteiger partial charge in [0.25, 0.3) is 0 Å². The topological polar surface area (TPSA) is 188 Å². The van der Waals surface area contributed by atoms with Crippen molar-refractivity contribution in [2.75, 3.05) is 0 Å². The maximum absolute atomic E-state index is 13.0. The largest absolute Gasteiger partial charge is 0.481 e. The van der Waals surface area contributed by atoms with Gasteiger partial charge in [-0.1, -0.05) is 64.4 Å². The van der Waals surface area contributed by atoms with Crippen molar-refractivity contribution in [2.24, 2.45) is 17.6 Å². The zero-order valence-corrected chi connectivity index (χ0v) is 21.2. The minimum Gasteiger partial charge on any atom is -0.481 e. The number of carboxylic acid groups (broad SMARTS) is 2. The van der Waals surface area contributed by atoms with Crippen molar-refractivity contribution < 1.29 is 34.2 Å². The van der Waals surface area contributed by atoms with Gasteiger partial charge in [-0.25, -0.2) is 4.79 Å². The Morgan fingerprint density at radius 3 is 1.94 bits per heavy atom. The number of benzene rings is 1. The highest BCUT2D eigenvalue weighted by atomic mass is 16.4. The van der Waals surface area contributed by atoms with E-state index in [0.29, 0.717) is 12.0 Å². The van der Waals surface area contributed by atoms with Crippen LogP contribution < -0.4 is 21.7 Å². The molecule has 0 bridgehead atoms. The Morgan fingerprint density at radius 2 is 1.44 bits per heavy atom. The SMILES string of the molecule is CCC(C)C(N)C(=O)NC(CCC(=O)O)C(=O)NC(C(=O)NC(Cc1ccccc1)C(=O)O)C(C)C. The average Bonchev–Trinajstić information content (AvgIpc) is 2.83. The number of carbonyl (C=O) groups is 5. The van der Waals surface area contributed by atoms with Crippen molar-refractivity contribution in [2.45, 2.75) is 77.5 Å². The molecule has 3 amide bonds. The molecule has 5 atom stereocenters. The van der Waals surface area contributed by atoms with Gasteiger partial charge in [-0.05, 0) is 23.8 Å². The van der Waals surface area contributed by atoms with Gasteiger partial charge in [0, 0.05) is 12.8 Å². The van der Waals surface area contributed by atoms with Crippen LogP contribution in [0.2, 0.25) is 0 Å². The number of aliphatic carboxylic acids is 2. The van der Waals surface area contributed by atoms with E-state index >= 15 is 0 Å². The summed E-state index contributed by atoms with van der Waals surface area (Å²) < 4.78 is 0. The quantitative estimate of drug-likeness (QED) is 0.200. The molecule has 5 unspecified atom stereocenters. The van der Waals surface area contributed by atoms with E-state index in [9.17, 15) is 29.1 Å². The third-order valence-electron chi connectivity index (χ3n) is 5.98. The van der Waals surface area contributed by atoms with Crippen LogP contribution in [0.1, 0.15) is 52.5 Å². The number of hydrogen-bond donors (Lipinski definition) is 6. The number of amides is 3. The molecule has 0 aliphatic rings. The first kappa shape index (κ1) is 30.6. The maximum atomic E-state index is 13.0. The maximum Gasteiger partial charge on any atom is 0.326 e. The van der Waals surface area contributed by atoms with Gasteiger partial charge in [0.05, 0.1) is 6.04 Å². The first-order chi connectivity index (χ1) is 16.9. The van der Waals surface area contributed by atoms with Crippen molar-refractivity contribution in [3.8, 4) is 0 Å². The first-order valence-corrected chi connectivity index (χ1v) is 12.0. The van der Waals surface area contributed by atoms with Gasteiger partial charge < -0.3 is 31.9 Å². The summed E-state index contributed by atoms with van der Waals surface area (Å²) in [5.74, 6) is -5.05. The smallest absolute Gasteiger partial charge is 0.326 e. The van der Waals surface area contributed by atoms with Crippen molar-refractivity contribution in [3.05, 3.63) is 35.9 Å². The van der Waals surface area contributed by atoms with Crippen molar-refractivity contribution in [1.82, 2.24) is 16.0 Å². The van der Waals surface area contributed by atoms with Gasteiger partial charge in [0.2, 0.25) is 17.7 Å². The Kier molecular flexibility index (Phi) is 12.6. The fourth-order valence-electron chi connectivity index (χ4n) is 3.42. The first-order valence-electron chi connectivity index (χ1n) is 12.0. The Labute approximate surface area is 211 Å². The third-order valence-corrected chi connectivity index (χ3v) is 5.98. The monoisotopic (exact) mass is 506 g/mol. The summed E-state index contributed by atoms with van der Waals surface area (Å²) >= 11 is 0. The van der Waals surface area contributed by atoms with Gasteiger partial charge in [-0.2, -0.15) is 0 Å². The summed E-state index contributed by atoms with van der Waals surface area (Å²) in [6.45, 7) is 6.98. The summed E-state index contributed by atoms with van der Waals surface area (Å²) in [4.78, 5) is 61.4. The highest BCUT2D eigenvalue weighted by molar-refractivity contribution is 5.94. The van der Waals surface area contributed by atoms with Gasteiger partial charge >= 0.3 is 11.9 Å². The molecule has 200 valence electrons. The van der Waals surface area contributed by atoms with Gasteiger partial charge in [0.1, 0.15) is 18.1 Å². The van der Waals surface area contributed by atoms with Gasteiger partial charge in [-0.15, -0.1) is 0 Å². The van der Waals surface area contributed by atoms with Crippen LogP contribution in [0.5, 0.6) is 0 Å². The molecule has 0 fully saturated rings. The van der Waals surface area contributed by atoms with E-state index in [1.54, 1.807) is 51.1 Å². The Morgan fingerprint density at radius 1 is 0.861 bits per heavy atom. The lowest BCUT2D eigenvalue weighted by Gasteiger charge is -2.27. The van der Waals surface area contributed by atoms with E-state index in [1.165, 1.54) is 0 Å². The van der Waals surface area contributed by atoms with Crippen LogP contribution in [0, 0.1) is 11.8 Å². The standard InChI is InChI=1S/C25H38N4O7/c1-5-15(4)20(26)23(33)27-17(11-12-19(30)31)22(32)29-21(14(2)3)24(34)28-18(25(35)36)13-16-9-7-6-8-10-16/h6-10,14-15,17-18,20-21H,5,11-13,26H2,1-4H3,(H,27,33)(H,28,34)(H,29,32)(H,30,31)(H,35,36).